The van der Waals surface area contributed by atoms with E-state index >= 15 is 0 Å². The number of piperazine rings is 1. The second-order valence-corrected chi connectivity index (χ2v) is 6.62. The van der Waals surface area contributed by atoms with Crippen molar-refractivity contribution in [2.45, 2.75) is 31.7 Å². The number of anilines is 1. The molecule has 1 atom stereocenters. The quantitative estimate of drug-likeness (QED) is 0.778. The molecule has 0 aromatic heterocycles. The van der Waals surface area contributed by atoms with E-state index in [4.69, 9.17) is 5.26 Å². The van der Waals surface area contributed by atoms with Gasteiger partial charge in [-0.3, -0.25) is 9.69 Å². The van der Waals surface area contributed by atoms with E-state index in [1.54, 1.807) is 0 Å². The fourth-order valence-electron chi connectivity index (χ4n) is 3.74. The molecular weight excluding hydrogens is 300 g/mol. The van der Waals surface area contributed by atoms with Crippen molar-refractivity contribution in [3.8, 4) is 6.07 Å². The van der Waals surface area contributed by atoms with Gasteiger partial charge in [0.1, 0.15) is 0 Å². The lowest BCUT2D eigenvalue weighted by molar-refractivity contribution is -0.126. The second kappa shape index (κ2) is 8.27. The van der Waals surface area contributed by atoms with E-state index in [1.807, 2.05) is 35.2 Å². The van der Waals surface area contributed by atoms with Crippen LogP contribution in [0, 0.1) is 11.3 Å². The lowest BCUT2D eigenvalue weighted by atomic mass is 10.0. The number of nitrogens with zero attached hydrogens (tertiary/aromatic N) is 4. The summed E-state index contributed by atoms with van der Waals surface area (Å²) in [5.74, 6) is 0.255. The molecule has 0 N–H and O–H groups in total. The summed E-state index contributed by atoms with van der Waals surface area (Å²) in [6.45, 7) is 5.72. The first-order valence-corrected chi connectivity index (χ1v) is 8.99. The Labute approximate surface area is 144 Å². The molecule has 5 heteroatoms. The number of para-hydroxylation sites is 1. The lowest BCUT2D eigenvalue weighted by Crippen LogP contribution is -2.57. The van der Waals surface area contributed by atoms with Crippen LogP contribution in [0.1, 0.15) is 25.7 Å². The fraction of sp³-hybridized carbons (Fsp3) is 0.579. The Morgan fingerprint density at radius 1 is 1.08 bits per heavy atom. The summed E-state index contributed by atoms with van der Waals surface area (Å²) in [5.41, 5.74) is 1.02. The van der Waals surface area contributed by atoms with Gasteiger partial charge < -0.3 is 9.80 Å². The SMILES string of the molecule is N#CCCCN1CCN([C@@H]2CCCN(c3ccccc3)C2=O)CC1. The van der Waals surface area contributed by atoms with Crippen molar-refractivity contribution in [2.24, 2.45) is 0 Å². The highest BCUT2D eigenvalue weighted by Gasteiger charge is 2.35. The van der Waals surface area contributed by atoms with E-state index in [2.05, 4.69) is 15.9 Å². The summed E-state index contributed by atoms with van der Waals surface area (Å²) in [6.07, 6.45) is 3.61. The third-order valence-corrected chi connectivity index (χ3v) is 5.09. The van der Waals surface area contributed by atoms with Crippen LogP contribution in [0.25, 0.3) is 0 Å². The molecule has 2 heterocycles. The molecule has 5 nitrogen and oxygen atoms in total. The Morgan fingerprint density at radius 2 is 1.83 bits per heavy atom. The van der Waals surface area contributed by atoms with Crippen molar-refractivity contribution in [2.75, 3.05) is 44.2 Å². The normalized spacial score (nSPS) is 23.2. The predicted octanol–water partition coefficient (Wildman–Crippen LogP) is 2.10. The number of hydrogen-bond donors (Lipinski definition) is 0. The van der Waals surface area contributed by atoms with Gasteiger partial charge in [-0.15, -0.1) is 0 Å². The number of amides is 1. The minimum atomic E-state index is 0.0280. The van der Waals surface area contributed by atoms with Crippen LogP contribution in [0.4, 0.5) is 5.69 Å². The van der Waals surface area contributed by atoms with Crippen LogP contribution in [-0.4, -0.2) is 61.0 Å². The second-order valence-electron chi connectivity index (χ2n) is 6.62. The topological polar surface area (TPSA) is 50.6 Å². The highest BCUT2D eigenvalue weighted by atomic mass is 16.2. The fourth-order valence-corrected chi connectivity index (χ4v) is 3.74. The maximum absolute atomic E-state index is 13.0. The third kappa shape index (κ3) is 3.95. The zero-order valence-corrected chi connectivity index (χ0v) is 14.2. The average Bonchev–Trinajstić information content (AvgIpc) is 2.64. The molecule has 24 heavy (non-hydrogen) atoms. The summed E-state index contributed by atoms with van der Waals surface area (Å²) in [4.78, 5) is 19.7. The molecule has 0 saturated carbocycles. The van der Waals surface area contributed by atoms with E-state index < -0.39 is 0 Å². The van der Waals surface area contributed by atoms with Gasteiger partial charge in [0, 0.05) is 44.8 Å². The van der Waals surface area contributed by atoms with E-state index in [0.29, 0.717) is 6.42 Å². The number of hydrogen-bond acceptors (Lipinski definition) is 4. The number of unbranched alkanes of at least 4 members (excludes halogenated alkanes) is 1. The van der Waals surface area contributed by atoms with Crippen LogP contribution in [-0.2, 0) is 4.79 Å². The zero-order valence-electron chi connectivity index (χ0n) is 14.2. The number of carbonyl (C=O) groups excluding carboxylic acids is 1. The minimum Gasteiger partial charge on any atom is -0.311 e. The van der Waals surface area contributed by atoms with E-state index in [9.17, 15) is 4.79 Å². The molecule has 1 amide bonds. The molecular formula is C19H26N4O. The Hall–Kier alpha value is -1.90. The molecule has 1 aromatic carbocycles. The van der Waals surface area contributed by atoms with Gasteiger partial charge in [-0.2, -0.15) is 5.26 Å². The summed E-state index contributed by atoms with van der Waals surface area (Å²) in [7, 11) is 0. The molecule has 0 unspecified atom stereocenters. The molecule has 2 aliphatic rings. The molecule has 1 aromatic rings. The molecule has 128 valence electrons. The monoisotopic (exact) mass is 326 g/mol. The third-order valence-electron chi connectivity index (χ3n) is 5.09. The molecule has 0 spiro atoms. The van der Waals surface area contributed by atoms with E-state index in [0.717, 1.165) is 64.2 Å². The van der Waals surface area contributed by atoms with Crippen molar-refractivity contribution in [3.63, 3.8) is 0 Å². The van der Waals surface area contributed by atoms with Crippen LogP contribution >= 0.6 is 0 Å². The van der Waals surface area contributed by atoms with Crippen molar-refractivity contribution in [1.29, 1.82) is 5.26 Å². The molecule has 2 fully saturated rings. The van der Waals surface area contributed by atoms with Crippen LogP contribution in [0.3, 0.4) is 0 Å². The van der Waals surface area contributed by atoms with Crippen LogP contribution in [0.2, 0.25) is 0 Å². The maximum atomic E-state index is 13.0. The van der Waals surface area contributed by atoms with Gasteiger partial charge in [0.15, 0.2) is 0 Å². The van der Waals surface area contributed by atoms with Crippen LogP contribution in [0.5, 0.6) is 0 Å². The molecule has 2 saturated heterocycles. The summed E-state index contributed by atoms with van der Waals surface area (Å²) in [5, 5.41) is 8.64. The van der Waals surface area contributed by atoms with Crippen molar-refractivity contribution < 1.29 is 4.79 Å². The molecule has 0 bridgehead atoms. The van der Waals surface area contributed by atoms with Gasteiger partial charge in [-0.05, 0) is 37.9 Å². The Kier molecular flexibility index (Phi) is 5.84. The Morgan fingerprint density at radius 3 is 2.54 bits per heavy atom. The molecule has 2 aliphatic heterocycles. The lowest BCUT2D eigenvalue weighted by Gasteiger charge is -2.42. The zero-order chi connectivity index (χ0) is 16.8. The highest BCUT2D eigenvalue weighted by Crippen LogP contribution is 2.24. The first kappa shape index (κ1) is 16.9. The van der Waals surface area contributed by atoms with Crippen molar-refractivity contribution in [1.82, 2.24) is 9.80 Å². The number of rotatable bonds is 5. The van der Waals surface area contributed by atoms with E-state index in [1.165, 1.54) is 0 Å². The van der Waals surface area contributed by atoms with Gasteiger partial charge in [-0.25, -0.2) is 0 Å². The van der Waals surface area contributed by atoms with Gasteiger partial charge >= 0.3 is 0 Å². The first-order valence-electron chi connectivity index (χ1n) is 8.99. The van der Waals surface area contributed by atoms with Crippen LogP contribution < -0.4 is 4.90 Å². The molecule has 0 aliphatic carbocycles. The average molecular weight is 326 g/mol. The Bertz CT molecular complexity index is 575. The van der Waals surface area contributed by atoms with Crippen molar-refractivity contribution in [3.05, 3.63) is 30.3 Å². The molecule has 3 rings (SSSR count). The summed E-state index contributed by atoms with van der Waals surface area (Å²) >= 11 is 0. The molecule has 0 radical (unpaired) electrons. The number of carbonyl (C=O) groups is 1. The van der Waals surface area contributed by atoms with Crippen LogP contribution in [0.15, 0.2) is 30.3 Å². The summed E-state index contributed by atoms with van der Waals surface area (Å²) < 4.78 is 0. The minimum absolute atomic E-state index is 0.0280. The number of piperidine rings is 1. The predicted molar refractivity (Wildman–Crippen MR) is 94.7 cm³/mol. The first-order chi connectivity index (χ1) is 11.8. The Balaban J connectivity index is 1.56. The standard InChI is InChI=1S/C19H26N4O/c20-10-4-5-11-21-13-15-22(16-14-21)18-9-6-12-23(19(18)24)17-7-2-1-3-8-17/h1-3,7-8,18H,4-6,9,11-16H2/t18-/m1/s1. The number of benzene rings is 1. The summed E-state index contributed by atoms with van der Waals surface area (Å²) in [6, 6.07) is 12.2. The van der Waals surface area contributed by atoms with E-state index in [-0.39, 0.29) is 11.9 Å². The van der Waals surface area contributed by atoms with Gasteiger partial charge in [-0.1, -0.05) is 18.2 Å². The van der Waals surface area contributed by atoms with Crippen molar-refractivity contribution >= 4 is 11.6 Å². The largest absolute Gasteiger partial charge is 0.311 e. The van der Waals surface area contributed by atoms with Gasteiger partial charge in [0.05, 0.1) is 12.1 Å². The highest BCUT2D eigenvalue weighted by molar-refractivity contribution is 5.97. The number of nitriles is 1. The van der Waals surface area contributed by atoms with Gasteiger partial charge in [0.2, 0.25) is 5.91 Å². The smallest absolute Gasteiger partial charge is 0.244 e. The maximum Gasteiger partial charge on any atom is 0.244 e. The van der Waals surface area contributed by atoms with Gasteiger partial charge in [0.25, 0.3) is 0 Å².